The van der Waals surface area contributed by atoms with Gasteiger partial charge in [-0.1, -0.05) is 0 Å². The first-order valence-electron chi connectivity index (χ1n) is 4.91. The van der Waals surface area contributed by atoms with Gasteiger partial charge in [-0.3, -0.25) is 4.79 Å². The molecule has 0 aromatic heterocycles. The van der Waals surface area contributed by atoms with Crippen LogP contribution in [0.5, 0.6) is 0 Å². The molecule has 0 aliphatic carbocycles. The van der Waals surface area contributed by atoms with E-state index in [1.54, 1.807) is 6.92 Å². The molecule has 5 heteroatoms. The molecule has 2 N–H and O–H groups in total. The van der Waals surface area contributed by atoms with E-state index in [1.807, 2.05) is 0 Å². The van der Waals surface area contributed by atoms with Crippen molar-refractivity contribution in [1.82, 2.24) is 0 Å². The van der Waals surface area contributed by atoms with Crippen LogP contribution in [0.1, 0.15) is 26.7 Å². The molecule has 0 rings (SSSR count). The van der Waals surface area contributed by atoms with Gasteiger partial charge in [-0.25, -0.2) is 0 Å². The van der Waals surface area contributed by atoms with Crippen LogP contribution in [0.2, 0.25) is 0 Å². The van der Waals surface area contributed by atoms with E-state index >= 15 is 0 Å². The molecule has 15 heavy (non-hydrogen) atoms. The molecule has 0 aromatic carbocycles. The van der Waals surface area contributed by atoms with E-state index in [1.165, 1.54) is 14.0 Å². The van der Waals surface area contributed by atoms with Gasteiger partial charge in [-0.05, 0) is 13.3 Å². The number of hydrogen-bond acceptors (Lipinski definition) is 5. The van der Waals surface area contributed by atoms with Gasteiger partial charge < -0.3 is 19.7 Å². The second kappa shape index (κ2) is 6.76. The molecule has 0 saturated carbocycles. The summed E-state index contributed by atoms with van der Waals surface area (Å²) in [6.45, 7) is 3.03. The van der Waals surface area contributed by atoms with Gasteiger partial charge in [0.1, 0.15) is 6.61 Å². The lowest BCUT2D eigenvalue weighted by Gasteiger charge is -2.29. The molecular formula is C10H20O5. The van der Waals surface area contributed by atoms with Crippen molar-refractivity contribution in [3.8, 4) is 0 Å². The second-order valence-electron chi connectivity index (χ2n) is 3.79. The number of rotatable bonds is 7. The Labute approximate surface area is 90.0 Å². The molecule has 0 aliphatic rings. The lowest BCUT2D eigenvalue weighted by Crippen LogP contribution is -2.35. The first kappa shape index (κ1) is 14.3. The van der Waals surface area contributed by atoms with Crippen molar-refractivity contribution in [2.75, 3.05) is 20.3 Å². The Kier molecular flexibility index (Phi) is 6.47. The fourth-order valence-electron chi connectivity index (χ4n) is 1.29. The number of hydrogen-bond donors (Lipinski definition) is 2. The summed E-state index contributed by atoms with van der Waals surface area (Å²) >= 11 is 0. The van der Waals surface area contributed by atoms with Gasteiger partial charge in [0.25, 0.3) is 0 Å². The molecule has 90 valence electrons. The summed E-state index contributed by atoms with van der Waals surface area (Å²) in [6, 6.07) is 0. The van der Waals surface area contributed by atoms with E-state index in [2.05, 4.69) is 4.74 Å². The number of ether oxygens (including phenoxy) is 2. The molecule has 0 radical (unpaired) electrons. The molecule has 0 fully saturated rings. The largest absolute Gasteiger partial charge is 0.463 e. The van der Waals surface area contributed by atoms with Gasteiger partial charge in [-0.2, -0.15) is 0 Å². The summed E-state index contributed by atoms with van der Waals surface area (Å²) in [5.41, 5.74) is -0.589. The van der Waals surface area contributed by atoms with Crippen LogP contribution < -0.4 is 0 Å². The van der Waals surface area contributed by atoms with E-state index in [4.69, 9.17) is 9.84 Å². The average Bonchev–Trinajstić information content (AvgIpc) is 2.15. The maximum absolute atomic E-state index is 10.5. The Bertz CT molecular complexity index is 194. The molecule has 0 spiro atoms. The van der Waals surface area contributed by atoms with E-state index in [-0.39, 0.29) is 13.2 Å². The SMILES string of the molecule is COC(C)(CCO)CC(O)COC(C)=O. The molecule has 0 saturated heterocycles. The summed E-state index contributed by atoms with van der Waals surface area (Å²) in [4.78, 5) is 10.5. The van der Waals surface area contributed by atoms with Gasteiger partial charge in [-0.15, -0.1) is 0 Å². The van der Waals surface area contributed by atoms with Crippen LogP contribution in [0.4, 0.5) is 0 Å². The monoisotopic (exact) mass is 220 g/mol. The van der Waals surface area contributed by atoms with Crippen LogP contribution in [0.3, 0.4) is 0 Å². The number of carbonyl (C=O) groups is 1. The minimum Gasteiger partial charge on any atom is -0.463 e. The van der Waals surface area contributed by atoms with Gasteiger partial charge in [0.05, 0.1) is 11.7 Å². The summed E-state index contributed by atoms with van der Waals surface area (Å²) < 4.78 is 9.86. The van der Waals surface area contributed by atoms with Crippen molar-refractivity contribution in [3.63, 3.8) is 0 Å². The Morgan fingerprint density at radius 3 is 2.53 bits per heavy atom. The highest BCUT2D eigenvalue weighted by molar-refractivity contribution is 5.65. The lowest BCUT2D eigenvalue weighted by atomic mass is 9.95. The highest BCUT2D eigenvalue weighted by Gasteiger charge is 2.27. The third-order valence-corrected chi connectivity index (χ3v) is 2.28. The first-order chi connectivity index (χ1) is 6.93. The zero-order valence-electron chi connectivity index (χ0n) is 9.52. The smallest absolute Gasteiger partial charge is 0.302 e. The van der Waals surface area contributed by atoms with Crippen LogP contribution in [-0.2, 0) is 14.3 Å². The van der Waals surface area contributed by atoms with Gasteiger partial charge in [0, 0.05) is 27.1 Å². The molecule has 0 aliphatic heterocycles. The minimum atomic E-state index is -0.773. The van der Waals surface area contributed by atoms with Crippen molar-refractivity contribution in [2.24, 2.45) is 0 Å². The topological polar surface area (TPSA) is 76.0 Å². The highest BCUT2D eigenvalue weighted by atomic mass is 16.5. The fourth-order valence-corrected chi connectivity index (χ4v) is 1.29. The second-order valence-corrected chi connectivity index (χ2v) is 3.79. The lowest BCUT2D eigenvalue weighted by molar-refractivity contribution is -0.145. The van der Waals surface area contributed by atoms with Crippen molar-refractivity contribution >= 4 is 5.97 Å². The van der Waals surface area contributed by atoms with Crippen molar-refractivity contribution < 1.29 is 24.5 Å². The number of esters is 1. The number of aliphatic hydroxyl groups is 2. The van der Waals surface area contributed by atoms with Crippen molar-refractivity contribution in [2.45, 2.75) is 38.4 Å². The molecular weight excluding hydrogens is 200 g/mol. The Balaban J connectivity index is 3.99. The van der Waals surface area contributed by atoms with E-state index in [0.717, 1.165) is 0 Å². The van der Waals surface area contributed by atoms with Crippen LogP contribution >= 0.6 is 0 Å². The summed E-state index contributed by atoms with van der Waals surface area (Å²) in [7, 11) is 1.52. The molecule has 0 bridgehead atoms. The molecule has 2 atom stereocenters. The molecule has 5 nitrogen and oxygen atoms in total. The Morgan fingerprint density at radius 1 is 1.53 bits per heavy atom. The maximum atomic E-state index is 10.5. The standard InChI is InChI=1S/C10H20O5/c1-8(12)15-7-9(13)6-10(2,14-3)4-5-11/h9,11,13H,4-7H2,1-3H3. The molecule has 2 unspecified atom stereocenters. The predicted octanol–water partition coefficient (Wildman–Crippen LogP) is 0.0880. The Hall–Kier alpha value is -0.650. The zero-order chi connectivity index (χ0) is 11.9. The first-order valence-corrected chi connectivity index (χ1v) is 4.91. The van der Waals surface area contributed by atoms with Crippen molar-refractivity contribution in [3.05, 3.63) is 0 Å². The fraction of sp³-hybridized carbons (Fsp3) is 0.900. The number of aliphatic hydroxyl groups excluding tert-OH is 2. The van der Waals surface area contributed by atoms with E-state index < -0.39 is 17.7 Å². The average molecular weight is 220 g/mol. The third kappa shape index (κ3) is 6.43. The van der Waals surface area contributed by atoms with Crippen LogP contribution in [-0.4, -0.2) is 48.2 Å². The van der Waals surface area contributed by atoms with Crippen LogP contribution in [0.25, 0.3) is 0 Å². The van der Waals surface area contributed by atoms with E-state index in [9.17, 15) is 9.90 Å². The summed E-state index contributed by atoms with van der Waals surface area (Å²) in [5.74, 6) is -0.421. The highest BCUT2D eigenvalue weighted by Crippen LogP contribution is 2.20. The molecule has 0 amide bonds. The zero-order valence-corrected chi connectivity index (χ0v) is 9.52. The van der Waals surface area contributed by atoms with E-state index in [0.29, 0.717) is 12.8 Å². The normalized spacial score (nSPS) is 16.9. The summed E-state index contributed by atoms with van der Waals surface area (Å²) in [6.07, 6.45) is -0.0248. The molecule has 0 aromatic rings. The van der Waals surface area contributed by atoms with Gasteiger partial charge in [0.15, 0.2) is 0 Å². The quantitative estimate of drug-likeness (QED) is 0.595. The number of carbonyl (C=O) groups excluding carboxylic acids is 1. The Morgan fingerprint density at radius 2 is 2.13 bits per heavy atom. The predicted molar refractivity (Wildman–Crippen MR) is 54.4 cm³/mol. The van der Waals surface area contributed by atoms with Crippen LogP contribution in [0, 0.1) is 0 Å². The molecule has 0 heterocycles. The van der Waals surface area contributed by atoms with Crippen molar-refractivity contribution in [1.29, 1.82) is 0 Å². The minimum absolute atomic E-state index is 0.00930. The van der Waals surface area contributed by atoms with Crippen LogP contribution in [0.15, 0.2) is 0 Å². The summed E-state index contributed by atoms with van der Waals surface area (Å²) in [5, 5.41) is 18.4. The number of methoxy groups -OCH3 is 1. The third-order valence-electron chi connectivity index (χ3n) is 2.28. The maximum Gasteiger partial charge on any atom is 0.302 e. The van der Waals surface area contributed by atoms with Gasteiger partial charge >= 0.3 is 5.97 Å². The van der Waals surface area contributed by atoms with Gasteiger partial charge in [0.2, 0.25) is 0 Å².